The van der Waals surface area contributed by atoms with Gasteiger partial charge in [0.25, 0.3) is 0 Å². The quantitative estimate of drug-likeness (QED) is 0.863. The van der Waals surface area contributed by atoms with Gasteiger partial charge in [-0.2, -0.15) is 0 Å². The molecule has 0 fully saturated rings. The summed E-state index contributed by atoms with van der Waals surface area (Å²) in [5.74, 6) is 0. The SMILES string of the molecule is CC(C)(C)c1ccc(Br)cc1CCN. The van der Waals surface area contributed by atoms with Gasteiger partial charge in [-0.1, -0.05) is 42.8 Å². The molecule has 0 unspecified atom stereocenters. The number of nitrogens with two attached hydrogens (primary N) is 1. The molecular formula is C12H18BrN. The molecule has 0 amide bonds. The summed E-state index contributed by atoms with van der Waals surface area (Å²) in [7, 11) is 0. The van der Waals surface area contributed by atoms with Crippen molar-refractivity contribution in [3.63, 3.8) is 0 Å². The van der Waals surface area contributed by atoms with Crippen LogP contribution in [0.2, 0.25) is 0 Å². The second-order valence-electron chi connectivity index (χ2n) is 4.59. The lowest BCUT2D eigenvalue weighted by Crippen LogP contribution is -2.16. The van der Waals surface area contributed by atoms with Crippen molar-refractivity contribution in [1.82, 2.24) is 0 Å². The Bertz CT molecular complexity index is 313. The fourth-order valence-corrected chi connectivity index (χ4v) is 2.06. The van der Waals surface area contributed by atoms with Crippen molar-refractivity contribution in [3.8, 4) is 0 Å². The highest BCUT2D eigenvalue weighted by Crippen LogP contribution is 2.28. The van der Waals surface area contributed by atoms with E-state index in [0.29, 0.717) is 6.54 Å². The molecular weight excluding hydrogens is 238 g/mol. The maximum atomic E-state index is 5.61. The van der Waals surface area contributed by atoms with E-state index in [1.165, 1.54) is 11.1 Å². The van der Waals surface area contributed by atoms with Crippen LogP contribution in [0.1, 0.15) is 31.9 Å². The average molecular weight is 256 g/mol. The Kier molecular flexibility index (Phi) is 3.73. The molecule has 14 heavy (non-hydrogen) atoms. The first-order valence-electron chi connectivity index (χ1n) is 4.94. The van der Waals surface area contributed by atoms with Gasteiger partial charge in [0.1, 0.15) is 0 Å². The van der Waals surface area contributed by atoms with Crippen LogP contribution in [0.15, 0.2) is 22.7 Å². The molecule has 2 heteroatoms. The zero-order valence-electron chi connectivity index (χ0n) is 9.10. The van der Waals surface area contributed by atoms with Gasteiger partial charge in [-0.05, 0) is 41.6 Å². The van der Waals surface area contributed by atoms with Crippen molar-refractivity contribution in [2.75, 3.05) is 6.54 Å². The van der Waals surface area contributed by atoms with Crippen molar-refractivity contribution in [2.45, 2.75) is 32.6 Å². The van der Waals surface area contributed by atoms with Crippen LogP contribution in [0.4, 0.5) is 0 Å². The Morgan fingerprint density at radius 2 is 1.93 bits per heavy atom. The minimum absolute atomic E-state index is 0.200. The minimum atomic E-state index is 0.200. The zero-order valence-corrected chi connectivity index (χ0v) is 10.7. The van der Waals surface area contributed by atoms with Gasteiger partial charge in [0.2, 0.25) is 0 Å². The van der Waals surface area contributed by atoms with E-state index < -0.39 is 0 Å². The first kappa shape index (κ1) is 11.7. The smallest absolute Gasteiger partial charge is 0.0178 e. The van der Waals surface area contributed by atoms with E-state index in [-0.39, 0.29) is 5.41 Å². The Balaban J connectivity index is 3.15. The van der Waals surface area contributed by atoms with E-state index >= 15 is 0 Å². The van der Waals surface area contributed by atoms with Crippen molar-refractivity contribution in [2.24, 2.45) is 5.73 Å². The van der Waals surface area contributed by atoms with Crippen LogP contribution in [0, 0.1) is 0 Å². The third-order valence-corrected chi connectivity index (χ3v) is 2.78. The second-order valence-corrected chi connectivity index (χ2v) is 5.51. The highest BCUT2D eigenvalue weighted by atomic mass is 79.9. The van der Waals surface area contributed by atoms with E-state index in [1.807, 2.05) is 0 Å². The van der Waals surface area contributed by atoms with Gasteiger partial charge < -0.3 is 5.73 Å². The molecule has 78 valence electrons. The third kappa shape index (κ3) is 2.82. The molecule has 1 aromatic carbocycles. The van der Waals surface area contributed by atoms with Crippen LogP contribution in [0.5, 0.6) is 0 Å². The van der Waals surface area contributed by atoms with Crippen LogP contribution in [0.25, 0.3) is 0 Å². The molecule has 0 heterocycles. The minimum Gasteiger partial charge on any atom is -0.330 e. The predicted octanol–water partition coefficient (Wildman–Crippen LogP) is 3.25. The largest absolute Gasteiger partial charge is 0.330 e. The second kappa shape index (κ2) is 4.45. The van der Waals surface area contributed by atoms with E-state index in [4.69, 9.17) is 5.73 Å². The monoisotopic (exact) mass is 255 g/mol. The molecule has 0 atom stereocenters. The average Bonchev–Trinajstić information content (AvgIpc) is 2.02. The molecule has 0 aliphatic carbocycles. The summed E-state index contributed by atoms with van der Waals surface area (Å²) in [5, 5.41) is 0. The molecule has 0 bridgehead atoms. The van der Waals surface area contributed by atoms with Crippen LogP contribution >= 0.6 is 15.9 Å². The van der Waals surface area contributed by atoms with Gasteiger partial charge in [0, 0.05) is 4.47 Å². The van der Waals surface area contributed by atoms with E-state index in [2.05, 4.69) is 54.9 Å². The molecule has 0 spiro atoms. The van der Waals surface area contributed by atoms with Gasteiger partial charge in [-0.25, -0.2) is 0 Å². The molecule has 0 saturated heterocycles. The Morgan fingerprint density at radius 1 is 1.29 bits per heavy atom. The molecule has 1 aromatic rings. The van der Waals surface area contributed by atoms with Crippen LogP contribution in [-0.2, 0) is 11.8 Å². The number of hydrogen-bond donors (Lipinski definition) is 1. The summed E-state index contributed by atoms with van der Waals surface area (Å²) in [6.07, 6.45) is 0.950. The molecule has 0 aliphatic rings. The normalized spacial score (nSPS) is 11.8. The van der Waals surface area contributed by atoms with Gasteiger partial charge in [0.05, 0.1) is 0 Å². The molecule has 1 rings (SSSR count). The third-order valence-electron chi connectivity index (χ3n) is 2.29. The van der Waals surface area contributed by atoms with Crippen molar-refractivity contribution in [3.05, 3.63) is 33.8 Å². The Morgan fingerprint density at radius 3 is 2.43 bits per heavy atom. The van der Waals surface area contributed by atoms with Crippen molar-refractivity contribution in [1.29, 1.82) is 0 Å². The van der Waals surface area contributed by atoms with Gasteiger partial charge in [0.15, 0.2) is 0 Å². The fourth-order valence-electron chi connectivity index (χ4n) is 1.66. The van der Waals surface area contributed by atoms with Gasteiger partial charge >= 0.3 is 0 Å². The highest BCUT2D eigenvalue weighted by Gasteiger charge is 2.17. The van der Waals surface area contributed by atoms with Crippen molar-refractivity contribution < 1.29 is 0 Å². The number of benzene rings is 1. The summed E-state index contributed by atoms with van der Waals surface area (Å²) in [6, 6.07) is 6.46. The lowest BCUT2D eigenvalue weighted by Gasteiger charge is -2.23. The van der Waals surface area contributed by atoms with Gasteiger partial charge in [-0.3, -0.25) is 0 Å². The Hall–Kier alpha value is -0.340. The van der Waals surface area contributed by atoms with Crippen LogP contribution < -0.4 is 5.73 Å². The molecule has 0 aliphatic heterocycles. The molecule has 0 radical (unpaired) electrons. The standard InChI is InChI=1S/C12H18BrN/c1-12(2,3)11-5-4-10(13)8-9(11)6-7-14/h4-5,8H,6-7,14H2,1-3H3. The highest BCUT2D eigenvalue weighted by molar-refractivity contribution is 9.10. The summed E-state index contributed by atoms with van der Waals surface area (Å²) in [4.78, 5) is 0. The van der Waals surface area contributed by atoms with Crippen LogP contribution in [-0.4, -0.2) is 6.54 Å². The Labute approximate surface area is 94.8 Å². The maximum Gasteiger partial charge on any atom is 0.0178 e. The molecule has 0 saturated carbocycles. The number of halogens is 1. The molecule has 0 aromatic heterocycles. The fraction of sp³-hybridized carbons (Fsp3) is 0.500. The molecule has 1 nitrogen and oxygen atoms in total. The summed E-state index contributed by atoms with van der Waals surface area (Å²) >= 11 is 3.49. The predicted molar refractivity (Wildman–Crippen MR) is 65.6 cm³/mol. The number of rotatable bonds is 2. The van der Waals surface area contributed by atoms with Crippen LogP contribution in [0.3, 0.4) is 0 Å². The van der Waals surface area contributed by atoms with E-state index in [9.17, 15) is 0 Å². The molecule has 2 N–H and O–H groups in total. The first-order chi connectivity index (χ1) is 6.45. The lowest BCUT2D eigenvalue weighted by molar-refractivity contribution is 0.582. The van der Waals surface area contributed by atoms with E-state index in [1.54, 1.807) is 0 Å². The van der Waals surface area contributed by atoms with Gasteiger partial charge in [-0.15, -0.1) is 0 Å². The van der Waals surface area contributed by atoms with Crippen molar-refractivity contribution >= 4 is 15.9 Å². The summed E-state index contributed by atoms with van der Waals surface area (Å²) < 4.78 is 1.13. The lowest BCUT2D eigenvalue weighted by atomic mass is 9.83. The summed E-state index contributed by atoms with van der Waals surface area (Å²) in [6.45, 7) is 7.41. The number of hydrogen-bond acceptors (Lipinski definition) is 1. The zero-order chi connectivity index (χ0) is 10.8. The topological polar surface area (TPSA) is 26.0 Å². The van der Waals surface area contributed by atoms with E-state index in [0.717, 1.165) is 10.9 Å². The first-order valence-corrected chi connectivity index (χ1v) is 5.73. The maximum absolute atomic E-state index is 5.61. The summed E-state index contributed by atoms with van der Waals surface area (Å²) in [5.41, 5.74) is 8.56.